The molecule has 0 saturated heterocycles. The molecule has 0 aliphatic rings. The van der Waals surface area contributed by atoms with E-state index in [4.69, 9.17) is 9.15 Å². The lowest BCUT2D eigenvalue weighted by Gasteiger charge is -2.14. The normalized spacial score (nSPS) is 15.2. The van der Waals surface area contributed by atoms with Crippen molar-refractivity contribution in [2.24, 2.45) is 0 Å². The summed E-state index contributed by atoms with van der Waals surface area (Å²) in [5.41, 5.74) is 0. The molecule has 2 atom stereocenters. The van der Waals surface area contributed by atoms with Gasteiger partial charge in [-0.1, -0.05) is 0 Å². The van der Waals surface area contributed by atoms with Crippen LogP contribution in [0, 0.1) is 6.92 Å². The van der Waals surface area contributed by atoms with Crippen molar-refractivity contribution < 1.29 is 14.3 Å². The van der Waals surface area contributed by atoms with E-state index in [1.165, 1.54) is 0 Å². The van der Waals surface area contributed by atoms with Gasteiger partial charge in [0.05, 0.1) is 24.9 Å². The minimum Gasteiger partial charge on any atom is -0.444 e. The van der Waals surface area contributed by atoms with Crippen LogP contribution in [-0.4, -0.2) is 36.5 Å². The molecule has 5 heteroatoms. The van der Waals surface area contributed by atoms with Gasteiger partial charge in [-0.25, -0.2) is 4.98 Å². The highest BCUT2D eigenvalue weighted by Gasteiger charge is 2.12. The number of ether oxygens (including phenoxy) is 1. The average Bonchev–Trinajstić information content (AvgIpc) is 2.62. The monoisotopic (exact) mass is 214 g/mol. The number of methoxy groups -OCH3 is 1. The highest BCUT2D eigenvalue weighted by molar-refractivity contribution is 4.94. The van der Waals surface area contributed by atoms with E-state index in [0.717, 1.165) is 5.76 Å². The van der Waals surface area contributed by atoms with E-state index < -0.39 is 6.10 Å². The average molecular weight is 214 g/mol. The Kier molecular flexibility index (Phi) is 4.74. The lowest BCUT2D eigenvalue weighted by atomic mass is 10.3. The van der Waals surface area contributed by atoms with E-state index in [0.29, 0.717) is 19.0 Å². The second-order valence-corrected chi connectivity index (χ2v) is 3.55. The molecule has 0 aliphatic carbocycles. The Morgan fingerprint density at radius 1 is 1.67 bits per heavy atom. The Balaban J connectivity index is 2.33. The maximum Gasteiger partial charge on any atom is 0.211 e. The second-order valence-electron chi connectivity index (χ2n) is 3.55. The Bertz CT molecular complexity index is 288. The topological polar surface area (TPSA) is 67.5 Å². The molecule has 5 nitrogen and oxygen atoms in total. The van der Waals surface area contributed by atoms with Crippen LogP contribution in [0.25, 0.3) is 0 Å². The zero-order valence-electron chi connectivity index (χ0n) is 9.36. The van der Waals surface area contributed by atoms with Gasteiger partial charge in [-0.2, -0.15) is 0 Å². The molecule has 1 heterocycles. The Morgan fingerprint density at radius 2 is 2.40 bits per heavy atom. The van der Waals surface area contributed by atoms with Gasteiger partial charge < -0.3 is 19.6 Å². The zero-order valence-corrected chi connectivity index (χ0v) is 9.36. The molecule has 0 aliphatic heterocycles. The number of hydrogen-bond donors (Lipinski definition) is 2. The summed E-state index contributed by atoms with van der Waals surface area (Å²) in [5.74, 6) is 1.42. The van der Waals surface area contributed by atoms with E-state index in [9.17, 15) is 5.11 Å². The van der Waals surface area contributed by atoms with Crippen LogP contribution < -0.4 is 5.32 Å². The van der Waals surface area contributed by atoms with Crippen molar-refractivity contribution in [3.8, 4) is 0 Å². The van der Waals surface area contributed by atoms with Crippen LogP contribution in [0.4, 0.5) is 0 Å². The highest BCUT2D eigenvalue weighted by Crippen LogP contribution is 2.11. The van der Waals surface area contributed by atoms with E-state index in [-0.39, 0.29) is 6.04 Å². The molecule has 0 aromatic carbocycles. The summed E-state index contributed by atoms with van der Waals surface area (Å²) in [6, 6.07) is -0.00907. The largest absolute Gasteiger partial charge is 0.444 e. The predicted molar refractivity (Wildman–Crippen MR) is 55.5 cm³/mol. The maximum absolute atomic E-state index is 9.41. The van der Waals surface area contributed by atoms with Gasteiger partial charge in [0.1, 0.15) is 5.76 Å². The van der Waals surface area contributed by atoms with Crippen molar-refractivity contribution in [1.29, 1.82) is 0 Å². The van der Waals surface area contributed by atoms with Crippen LogP contribution in [0.2, 0.25) is 0 Å². The van der Waals surface area contributed by atoms with Crippen molar-refractivity contribution in [3.05, 3.63) is 17.8 Å². The van der Waals surface area contributed by atoms with Crippen LogP contribution in [0.3, 0.4) is 0 Å². The predicted octanol–water partition coefficient (Wildman–Crippen LogP) is 0.641. The first-order chi connectivity index (χ1) is 7.13. The third-order valence-corrected chi connectivity index (χ3v) is 2.03. The number of aromatic nitrogens is 1. The fraction of sp³-hybridized carbons (Fsp3) is 0.700. The van der Waals surface area contributed by atoms with Gasteiger partial charge in [0.15, 0.2) is 0 Å². The summed E-state index contributed by atoms with van der Waals surface area (Å²) in [5, 5.41) is 12.5. The Labute approximate surface area is 89.5 Å². The lowest BCUT2D eigenvalue weighted by molar-refractivity contribution is 0.0625. The second kappa shape index (κ2) is 5.85. The van der Waals surface area contributed by atoms with E-state index in [2.05, 4.69) is 10.3 Å². The summed E-state index contributed by atoms with van der Waals surface area (Å²) >= 11 is 0. The number of hydrogen-bond acceptors (Lipinski definition) is 5. The quantitative estimate of drug-likeness (QED) is 0.727. The van der Waals surface area contributed by atoms with Crippen LogP contribution in [0.1, 0.15) is 24.6 Å². The van der Waals surface area contributed by atoms with Gasteiger partial charge in [-0.3, -0.25) is 0 Å². The number of aliphatic hydroxyl groups excluding tert-OH is 1. The van der Waals surface area contributed by atoms with Crippen molar-refractivity contribution in [3.63, 3.8) is 0 Å². The van der Waals surface area contributed by atoms with E-state index in [1.807, 2.05) is 13.8 Å². The summed E-state index contributed by atoms with van der Waals surface area (Å²) in [7, 11) is 1.56. The maximum atomic E-state index is 9.41. The van der Waals surface area contributed by atoms with Gasteiger partial charge in [-0.15, -0.1) is 0 Å². The van der Waals surface area contributed by atoms with Crippen molar-refractivity contribution >= 4 is 0 Å². The molecular weight excluding hydrogens is 196 g/mol. The SMILES string of the molecule is COCC(O)CNC(C)c1ncc(C)o1. The fourth-order valence-corrected chi connectivity index (χ4v) is 1.22. The number of nitrogens with zero attached hydrogens (tertiary/aromatic N) is 1. The molecule has 1 aromatic rings. The Hall–Kier alpha value is -0.910. The lowest BCUT2D eigenvalue weighted by Crippen LogP contribution is -2.31. The molecule has 0 bridgehead atoms. The molecule has 0 spiro atoms. The zero-order chi connectivity index (χ0) is 11.3. The summed E-state index contributed by atoms with van der Waals surface area (Å²) in [4.78, 5) is 4.10. The molecule has 2 unspecified atom stereocenters. The molecule has 0 radical (unpaired) electrons. The van der Waals surface area contributed by atoms with Gasteiger partial charge in [0.2, 0.25) is 5.89 Å². The van der Waals surface area contributed by atoms with E-state index in [1.54, 1.807) is 13.3 Å². The molecular formula is C10H18N2O3. The van der Waals surface area contributed by atoms with E-state index >= 15 is 0 Å². The smallest absolute Gasteiger partial charge is 0.211 e. The third-order valence-electron chi connectivity index (χ3n) is 2.03. The molecule has 1 aromatic heterocycles. The fourth-order valence-electron chi connectivity index (χ4n) is 1.22. The van der Waals surface area contributed by atoms with Crippen LogP contribution in [-0.2, 0) is 4.74 Å². The number of nitrogens with one attached hydrogen (secondary N) is 1. The molecule has 0 amide bonds. The number of aliphatic hydroxyl groups is 1. The van der Waals surface area contributed by atoms with Crippen molar-refractivity contribution in [2.45, 2.75) is 26.0 Å². The molecule has 2 N–H and O–H groups in total. The minimum atomic E-state index is -0.506. The molecule has 0 saturated carbocycles. The number of oxazole rings is 1. The standard InChI is InChI=1S/C10H18N2O3/c1-7-4-12-10(15-7)8(2)11-5-9(13)6-14-3/h4,8-9,11,13H,5-6H2,1-3H3. The van der Waals surface area contributed by atoms with Gasteiger partial charge in [0.25, 0.3) is 0 Å². The molecule has 0 fully saturated rings. The Morgan fingerprint density at radius 3 is 2.93 bits per heavy atom. The minimum absolute atomic E-state index is 0.00907. The van der Waals surface area contributed by atoms with Gasteiger partial charge in [0, 0.05) is 13.7 Å². The van der Waals surface area contributed by atoms with Crippen LogP contribution in [0.15, 0.2) is 10.6 Å². The first-order valence-electron chi connectivity index (χ1n) is 4.96. The molecule has 86 valence electrons. The molecule has 1 rings (SSSR count). The molecule has 15 heavy (non-hydrogen) atoms. The third kappa shape index (κ3) is 3.99. The number of aryl methyl sites for hydroxylation is 1. The highest BCUT2D eigenvalue weighted by atomic mass is 16.5. The van der Waals surface area contributed by atoms with Crippen molar-refractivity contribution in [2.75, 3.05) is 20.3 Å². The summed E-state index contributed by atoms with van der Waals surface area (Å²) in [6.07, 6.45) is 1.17. The van der Waals surface area contributed by atoms with Crippen molar-refractivity contribution in [1.82, 2.24) is 10.3 Å². The summed E-state index contributed by atoms with van der Waals surface area (Å²) < 4.78 is 10.2. The first-order valence-corrected chi connectivity index (χ1v) is 4.96. The van der Waals surface area contributed by atoms with Gasteiger partial charge >= 0.3 is 0 Å². The number of rotatable bonds is 6. The van der Waals surface area contributed by atoms with Gasteiger partial charge in [-0.05, 0) is 13.8 Å². The van der Waals surface area contributed by atoms with Crippen LogP contribution in [0.5, 0.6) is 0 Å². The summed E-state index contributed by atoms with van der Waals surface area (Å²) in [6.45, 7) is 4.56. The first kappa shape index (κ1) is 12.2. The van der Waals surface area contributed by atoms with Crippen LogP contribution >= 0.6 is 0 Å².